The summed E-state index contributed by atoms with van der Waals surface area (Å²) >= 11 is 6.01. The minimum atomic E-state index is -0.850. The van der Waals surface area contributed by atoms with Crippen molar-refractivity contribution in [3.05, 3.63) is 64.3 Å². The van der Waals surface area contributed by atoms with Crippen LogP contribution in [0.5, 0.6) is 0 Å². The molecule has 2 atom stereocenters. The fraction of sp³-hybridized carbons (Fsp3) is 0.400. The van der Waals surface area contributed by atoms with Gasteiger partial charge in [-0.3, -0.25) is 25.3 Å². The van der Waals surface area contributed by atoms with Crippen LogP contribution in [0.3, 0.4) is 0 Å². The van der Waals surface area contributed by atoms with Gasteiger partial charge in [0.1, 0.15) is 17.3 Å². The summed E-state index contributed by atoms with van der Waals surface area (Å²) in [6.07, 6.45) is 4.13. The van der Waals surface area contributed by atoms with Crippen molar-refractivity contribution in [2.45, 2.75) is 50.8 Å². The Bertz CT molecular complexity index is 1360. The van der Waals surface area contributed by atoms with Crippen molar-refractivity contribution in [1.29, 1.82) is 5.41 Å². The van der Waals surface area contributed by atoms with Crippen LogP contribution < -0.4 is 5.32 Å². The van der Waals surface area contributed by atoms with Crippen molar-refractivity contribution < 1.29 is 18.7 Å². The van der Waals surface area contributed by atoms with Crippen LogP contribution in [-0.4, -0.2) is 54.0 Å². The second kappa shape index (κ2) is 9.79. The largest absolute Gasteiger partial charge is 0.387 e. The first-order chi connectivity index (χ1) is 17.7. The van der Waals surface area contributed by atoms with Crippen molar-refractivity contribution in [2.24, 2.45) is 5.92 Å². The van der Waals surface area contributed by atoms with Gasteiger partial charge in [0.15, 0.2) is 5.82 Å². The number of hydrogen-bond acceptors (Lipinski definition) is 6. The van der Waals surface area contributed by atoms with E-state index in [0.29, 0.717) is 42.2 Å². The summed E-state index contributed by atoms with van der Waals surface area (Å²) in [6, 6.07) is 4.23. The average molecular weight is 530 g/mol. The Hall–Kier alpha value is -3.44. The number of nitrogens with zero attached hydrogens (tertiary/aromatic N) is 4. The average Bonchev–Trinajstić information content (AvgIpc) is 3.44. The Kier molecular flexibility index (Phi) is 6.67. The number of amides is 1. The maximum absolute atomic E-state index is 14.4. The van der Waals surface area contributed by atoms with Crippen LogP contribution in [0.15, 0.2) is 30.6 Å². The number of aliphatic hydroxyl groups excluding tert-OH is 1. The van der Waals surface area contributed by atoms with Crippen LogP contribution in [0.1, 0.15) is 55.8 Å². The van der Waals surface area contributed by atoms with E-state index in [-0.39, 0.29) is 40.3 Å². The summed E-state index contributed by atoms with van der Waals surface area (Å²) in [6.45, 7) is 2.16. The van der Waals surface area contributed by atoms with E-state index in [1.54, 1.807) is 13.0 Å². The molecule has 1 spiro atoms. The highest BCUT2D eigenvalue weighted by molar-refractivity contribution is 6.31. The van der Waals surface area contributed by atoms with Gasteiger partial charge in [-0.15, -0.1) is 0 Å². The Morgan fingerprint density at radius 3 is 2.81 bits per heavy atom. The minimum absolute atomic E-state index is 0.110. The van der Waals surface area contributed by atoms with Crippen LogP contribution in [0.2, 0.25) is 5.02 Å². The highest BCUT2D eigenvalue weighted by Crippen LogP contribution is 2.50. The van der Waals surface area contributed by atoms with E-state index >= 15 is 0 Å². The SMILES string of the molecule is C[C@@H](O)c1cc(-c2cc(C(=N)N3CC[C@H](C(=O)NCc4ncc(F)cc4Cl)CC34CC4)n[nH]2)c(F)cn1. The maximum Gasteiger partial charge on any atom is 0.223 e. The van der Waals surface area contributed by atoms with E-state index in [0.717, 1.165) is 31.3 Å². The Labute approximate surface area is 216 Å². The highest BCUT2D eigenvalue weighted by atomic mass is 35.5. The zero-order valence-corrected chi connectivity index (χ0v) is 20.8. The number of nitrogens with one attached hydrogen (secondary N) is 3. The summed E-state index contributed by atoms with van der Waals surface area (Å²) in [5.74, 6) is -1.24. The van der Waals surface area contributed by atoms with E-state index < -0.39 is 17.7 Å². The van der Waals surface area contributed by atoms with Crippen molar-refractivity contribution in [3.63, 3.8) is 0 Å². The molecule has 0 unspecified atom stereocenters. The molecule has 0 aromatic carbocycles. The molecule has 0 radical (unpaired) electrons. The molecule has 3 aromatic heterocycles. The number of aromatic amines is 1. The van der Waals surface area contributed by atoms with E-state index in [4.69, 9.17) is 17.0 Å². The molecular formula is C25H26ClF2N7O2. The van der Waals surface area contributed by atoms with E-state index in [1.165, 1.54) is 6.07 Å². The molecule has 2 aliphatic rings. The van der Waals surface area contributed by atoms with Gasteiger partial charge in [-0.1, -0.05) is 11.6 Å². The number of H-pyrrole nitrogens is 1. The maximum atomic E-state index is 14.4. The standard InChI is InChI=1S/C25H26ClF2N7O2/c1-13(36)19-7-16(18(28)11-31-19)20-8-21(34-33-20)23(29)35-5-2-14(9-25(35)3-4-25)24(37)32-12-22-17(26)6-15(27)10-30-22/h6-8,10-11,13-14,29,36H,2-5,9,12H2,1H3,(H,32,37)(H,33,34)/t13-,14+/m1/s1. The number of aromatic nitrogens is 4. The molecule has 9 nitrogen and oxygen atoms in total. The molecule has 1 aliphatic carbocycles. The smallest absolute Gasteiger partial charge is 0.223 e. The molecule has 0 bridgehead atoms. The number of hydrogen-bond donors (Lipinski definition) is 4. The first-order valence-electron chi connectivity index (χ1n) is 12.0. The number of carbonyl (C=O) groups is 1. The number of piperidine rings is 1. The van der Waals surface area contributed by atoms with Crippen molar-refractivity contribution in [2.75, 3.05) is 6.54 Å². The summed E-state index contributed by atoms with van der Waals surface area (Å²) in [5, 5.41) is 28.6. The van der Waals surface area contributed by atoms with Crippen LogP contribution >= 0.6 is 11.6 Å². The molecule has 1 aliphatic heterocycles. The fourth-order valence-electron chi connectivity index (χ4n) is 4.88. The van der Waals surface area contributed by atoms with Gasteiger partial charge in [0.25, 0.3) is 0 Å². The highest BCUT2D eigenvalue weighted by Gasteiger charge is 2.53. The van der Waals surface area contributed by atoms with Gasteiger partial charge in [-0.05, 0) is 50.8 Å². The second-order valence-corrected chi connectivity index (χ2v) is 10.1. The van der Waals surface area contributed by atoms with Gasteiger partial charge in [-0.2, -0.15) is 5.10 Å². The van der Waals surface area contributed by atoms with Gasteiger partial charge < -0.3 is 15.3 Å². The van der Waals surface area contributed by atoms with Gasteiger partial charge in [-0.25, -0.2) is 8.78 Å². The first-order valence-corrected chi connectivity index (χ1v) is 12.4. The quantitative estimate of drug-likeness (QED) is 0.284. The van der Waals surface area contributed by atoms with Crippen LogP contribution in [0, 0.1) is 23.0 Å². The zero-order valence-electron chi connectivity index (χ0n) is 20.1. The molecule has 1 saturated carbocycles. The van der Waals surface area contributed by atoms with Crippen LogP contribution in [0.4, 0.5) is 8.78 Å². The minimum Gasteiger partial charge on any atom is -0.387 e. The molecular weight excluding hydrogens is 504 g/mol. The van der Waals surface area contributed by atoms with Crippen molar-refractivity contribution in [1.82, 2.24) is 30.4 Å². The van der Waals surface area contributed by atoms with Crippen LogP contribution in [-0.2, 0) is 11.3 Å². The number of pyridine rings is 2. The van der Waals surface area contributed by atoms with Crippen molar-refractivity contribution >= 4 is 23.3 Å². The lowest BCUT2D eigenvalue weighted by Gasteiger charge is -2.40. The molecule has 1 amide bonds. The summed E-state index contributed by atoms with van der Waals surface area (Å²) in [7, 11) is 0. The van der Waals surface area contributed by atoms with E-state index in [1.807, 2.05) is 4.90 Å². The molecule has 1 saturated heterocycles. The lowest BCUT2D eigenvalue weighted by Crippen LogP contribution is -2.50. The van der Waals surface area contributed by atoms with Gasteiger partial charge >= 0.3 is 0 Å². The van der Waals surface area contributed by atoms with Gasteiger partial charge in [0.05, 0.1) is 47.1 Å². The lowest BCUT2D eigenvalue weighted by molar-refractivity contribution is -0.127. The number of carbonyl (C=O) groups excluding carboxylic acids is 1. The third-order valence-electron chi connectivity index (χ3n) is 7.10. The molecule has 3 aromatic rings. The normalized spacial score (nSPS) is 19.1. The summed E-state index contributed by atoms with van der Waals surface area (Å²) in [5.41, 5.74) is 1.41. The van der Waals surface area contributed by atoms with E-state index in [2.05, 4.69) is 25.5 Å². The molecule has 5 rings (SSSR count). The molecule has 37 heavy (non-hydrogen) atoms. The van der Waals surface area contributed by atoms with Gasteiger partial charge in [0, 0.05) is 23.6 Å². The Morgan fingerprint density at radius 2 is 2.11 bits per heavy atom. The predicted octanol–water partition coefficient (Wildman–Crippen LogP) is 3.74. The second-order valence-electron chi connectivity index (χ2n) is 9.65. The van der Waals surface area contributed by atoms with E-state index in [9.17, 15) is 18.7 Å². The molecule has 12 heteroatoms. The number of amidine groups is 1. The monoisotopic (exact) mass is 529 g/mol. The Balaban J connectivity index is 1.25. The third-order valence-corrected chi connectivity index (χ3v) is 7.42. The topological polar surface area (TPSA) is 131 Å². The molecule has 4 N–H and O–H groups in total. The predicted molar refractivity (Wildman–Crippen MR) is 132 cm³/mol. The van der Waals surface area contributed by atoms with Gasteiger partial charge in [0.2, 0.25) is 5.91 Å². The zero-order chi connectivity index (χ0) is 26.3. The van der Waals surface area contributed by atoms with Crippen molar-refractivity contribution in [3.8, 4) is 11.3 Å². The first kappa shape index (κ1) is 25.2. The number of halogens is 3. The number of likely N-dealkylation sites (tertiary alicyclic amines) is 1. The molecule has 194 valence electrons. The third kappa shape index (κ3) is 5.05. The molecule has 2 fully saturated rings. The fourth-order valence-corrected chi connectivity index (χ4v) is 5.10. The van der Waals surface area contributed by atoms with Crippen LogP contribution in [0.25, 0.3) is 11.3 Å². The lowest BCUT2D eigenvalue weighted by atomic mass is 9.87. The number of aliphatic hydroxyl groups is 1. The number of rotatable bonds is 6. The molecule has 4 heterocycles. The summed E-state index contributed by atoms with van der Waals surface area (Å²) < 4.78 is 27.6. The summed E-state index contributed by atoms with van der Waals surface area (Å²) in [4.78, 5) is 22.7. The Morgan fingerprint density at radius 1 is 1.32 bits per heavy atom.